The van der Waals surface area contributed by atoms with E-state index in [-0.39, 0.29) is 26.9 Å². The van der Waals surface area contributed by atoms with Crippen LogP contribution in [0, 0.1) is 59.8 Å². The maximum atomic E-state index is 15.6. The fourth-order valence-electron chi connectivity index (χ4n) is 8.33. The molecule has 3 aromatic heterocycles. The Kier molecular flexibility index (Phi) is 11.6. The summed E-state index contributed by atoms with van der Waals surface area (Å²) >= 11 is 6.26. The molecule has 0 bridgehead atoms. The smallest absolute Gasteiger partial charge is 0.137 e. The standard InChI is InChI=1S/C31H29F2N5O.C18H11ClF2N2/c1-19-25(12-20-5-4-6-21(11-20)16-34)36-26-14-22(32)13-24(33)28(26)29(19)38-18-31(2,3)30-27(38)15-23(17-35-30)37-7-9-39-10-8-37;1-10-15(6-11-3-2-4-12(5-11)9-22)23-16-8-13(20)7-14(21)17(16)18(10)19/h4-6,11,13-15,17H,7-10,12,18H2,1-3H3;2-5,7-8H,6H2,1H3. The molecular formula is C49H40ClF4N7O. The monoisotopic (exact) mass is 853 g/mol. The Labute approximate surface area is 361 Å². The van der Waals surface area contributed by atoms with Gasteiger partial charge in [0.2, 0.25) is 0 Å². The van der Waals surface area contributed by atoms with Crippen molar-refractivity contribution in [3.8, 4) is 12.1 Å². The van der Waals surface area contributed by atoms with E-state index in [4.69, 9.17) is 31.6 Å². The average molecular weight is 854 g/mol. The molecule has 9 rings (SSSR count). The van der Waals surface area contributed by atoms with Gasteiger partial charge in [0, 0.05) is 67.9 Å². The van der Waals surface area contributed by atoms with Crippen LogP contribution in [0.15, 0.2) is 85.1 Å². The van der Waals surface area contributed by atoms with Crippen LogP contribution in [0.4, 0.5) is 34.6 Å². The predicted molar refractivity (Wildman–Crippen MR) is 233 cm³/mol. The van der Waals surface area contributed by atoms with Gasteiger partial charge < -0.3 is 14.5 Å². The molecule has 0 amide bonds. The highest BCUT2D eigenvalue weighted by Gasteiger charge is 2.40. The molecule has 0 radical (unpaired) electrons. The van der Waals surface area contributed by atoms with Crippen molar-refractivity contribution in [1.82, 2.24) is 15.0 Å². The lowest BCUT2D eigenvalue weighted by molar-refractivity contribution is 0.122. The number of anilines is 3. The number of nitrogens with zero attached hydrogens (tertiary/aromatic N) is 7. The molecule has 8 nitrogen and oxygen atoms in total. The minimum Gasteiger partial charge on any atom is -0.378 e. The van der Waals surface area contributed by atoms with Gasteiger partial charge >= 0.3 is 0 Å². The van der Waals surface area contributed by atoms with Crippen LogP contribution in [0.3, 0.4) is 0 Å². The number of halogens is 5. The molecule has 1 fully saturated rings. The first-order valence-corrected chi connectivity index (χ1v) is 20.4. The molecule has 62 heavy (non-hydrogen) atoms. The van der Waals surface area contributed by atoms with Gasteiger partial charge in [-0.15, -0.1) is 0 Å². The van der Waals surface area contributed by atoms with Crippen LogP contribution in [0.2, 0.25) is 5.02 Å². The molecule has 2 aliphatic heterocycles. The molecule has 0 spiro atoms. The zero-order chi connectivity index (χ0) is 43.9. The Bertz CT molecular complexity index is 2990. The van der Waals surface area contributed by atoms with Gasteiger partial charge in [0.15, 0.2) is 0 Å². The largest absolute Gasteiger partial charge is 0.378 e. The maximum absolute atomic E-state index is 15.6. The van der Waals surface area contributed by atoms with Crippen LogP contribution in [0.5, 0.6) is 0 Å². The lowest BCUT2D eigenvalue weighted by atomic mass is 9.91. The number of nitriles is 2. The van der Waals surface area contributed by atoms with E-state index in [2.05, 4.69) is 46.8 Å². The Morgan fingerprint density at radius 2 is 1.29 bits per heavy atom. The zero-order valence-corrected chi connectivity index (χ0v) is 35.2. The molecule has 2 aliphatic rings. The van der Waals surface area contributed by atoms with E-state index in [1.165, 1.54) is 12.1 Å². The number of hydrogen-bond acceptors (Lipinski definition) is 8. The van der Waals surface area contributed by atoms with Crippen LogP contribution in [-0.2, 0) is 23.0 Å². The molecule has 1 saturated heterocycles. The first-order chi connectivity index (χ1) is 29.7. The molecule has 7 aromatic rings. The quantitative estimate of drug-likeness (QED) is 0.152. The van der Waals surface area contributed by atoms with Crippen molar-refractivity contribution in [3.05, 3.63) is 164 Å². The molecule has 13 heteroatoms. The van der Waals surface area contributed by atoms with Crippen LogP contribution in [0.1, 0.15) is 64.3 Å². The number of morpholine rings is 1. The third-order valence-corrected chi connectivity index (χ3v) is 11.9. The number of pyridine rings is 3. The van der Waals surface area contributed by atoms with Gasteiger partial charge in [0.25, 0.3) is 0 Å². The van der Waals surface area contributed by atoms with Gasteiger partial charge in [-0.1, -0.05) is 49.7 Å². The molecule has 0 N–H and O–H groups in total. The van der Waals surface area contributed by atoms with Crippen molar-refractivity contribution in [1.29, 1.82) is 10.5 Å². The van der Waals surface area contributed by atoms with Crippen molar-refractivity contribution >= 4 is 50.5 Å². The van der Waals surface area contributed by atoms with E-state index in [9.17, 15) is 18.4 Å². The molecule has 0 atom stereocenters. The second-order valence-corrected chi connectivity index (χ2v) is 16.6. The third kappa shape index (κ3) is 8.24. The molecule has 312 valence electrons. The van der Waals surface area contributed by atoms with E-state index < -0.39 is 23.3 Å². The maximum Gasteiger partial charge on any atom is 0.137 e. The normalized spacial score (nSPS) is 14.3. The molecule has 5 heterocycles. The number of benzene rings is 4. The SMILES string of the molecule is Cc1c(Cc2cccc(C#N)c2)nc2cc(F)cc(F)c2c1Cl.Cc1c(Cc2cccc(C#N)c2)nc2cc(F)cc(F)c2c1N1CC(C)(C)c2ncc(N3CCOCC3)cc21. The van der Waals surface area contributed by atoms with Crippen molar-refractivity contribution in [3.63, 3.8) is 0 Å². The molecule has 0 saturated carbocycles. The average Bonchev–Trinajstić information content (AvgIpc) is 3.52. The molecule has 0 unspecified atom stereocenters. The van der Waals surface area contributed by atoms with Crippen molar-refractivity contribution in [2.45, 2.75) is 46.0 Å². The summed E-state index contributed by atoms with van der Waals surface area (Å²) in [6.45, 7) is 11.4. The number of hydrogen-bond donors (Lipinski definition) is 0. The van der Waals surface area contributed by atoms with Crippen LogP contribution >= 0.6 is 11.6 Å². The Hall–Kier alpha value is -6.60. The number of fused-ring (bicyclic) bond motifs is 3. The third-order valence-electron chi connectivity index (χ3n) is 11.4. The van der Waals surface area contributed by atoms with E-state index in [0.29, 0.717) is 71.8 Å². The Morgan fingerprint density at radius 3 is 1.87 bits per heavy atom. The fraction of sp³-hybridized carbons (Fsp3) is 0.245. The number of ether oxygens (including phenoxy) is 1. The summed E-state index contributed by atoms with van der Waals surface area (Å²) in [4.78, 5) is 18.4. The second kappa shape index (κ2) is 17.0. The summed E-state index contributed by atoms with van der Waals surface area (Å²) in [7, 11) is 0. The summed E-state index contributed by atoms with van der Waals surface area (Å²) in [6.07, 6.45) is 2.77. The van der Waals surface area contributed by atoms with Gasteiger partial charge in [-0.2, -0.15) is 10.5 Å². The number of rotatable bonds is 6. The van der Waals surface area contributed by atoms with E-state index in [1.54, 1.807) is 31.2 Å². The summed E-state index contributed by atoms with van der Waals surface area (Å²) in [6, 6.07) is 25.0. The summed E-state index contributed by atoms with van der Waals surface area (Å²) < 4.78 is 62.9. The highest BCUT2D eigenvalue weighted by atomic mass is 35.5. The minimum atomic E-state index is -0.723. The zero-order valence-electron chi connectivity index (χ0n) is 34.5. The molecule has 0 aliphatic carbocycles. The fourth-order valence-corrected chi connectivity index (χ4v) is 8.63. The van der Waals surface area contributed by atoms with Gasteiger partial charge in [-0.05, 0) is 66.4 Å². The van der Waals surface area contributed by atoms with E-state index in [1.807, 2.05) is 37.4 Å². The summed E-state index contributed by atoms with van der Waals surface area (Å²) in [5.41, 5.74) is 9.38. The summed E-state index contributed by atoms with van der Waals surface area (Å²) in [5.74, 6) is -2.73. The van der Waals surface area contributed by atoms with E-state index in [0.717, 1.165) is 59.0 Å². The van der Waals surface area contributed by atoms with Gasteiger partial charge in [0.1, 0.15) is 23.3 Å². The lowest BCUT2D eigenvalue weighted by Gasteiger charge is -2.30. The van der Waals surface area contributed by atoms with Crippen LogP contribution < -0.4 is 9.80 Å². The predicted octanol–water partition coefficient (Wildman–Crippen LogP) is 10.9. The minimum absolute atomic E-state index is 0.125. The van der Waals surface area contributed by atoms with Crippen LogP contribution in [0.25, 0.3) is 21.8 Å². The van der Waals surface area contributed by atoms with Crippen molar-refractivity contribution in [2.75, 3.05) is 42.6 Å². The topological polar surface area (TPSA) is 102 Å². The first kappa shape index (κ1) is 42.1. The van der Waals surface area contributed by atoms with Gasteiger partial charge in [-0.3, -0.25) is 15.0 Å². The van der Waals surface area contributed by atoms with Crippen LogP contribution in [-0.4, -0.2) is 47.8 Å². The highest BCUT2D eigenvalue weighted by Crippen LogP contribution is 2.48. The Morgan fingerprint density at radius 1 is 0.742 bits per heavy atom. The Balaban J connectivity index is 0.000000196. The van der Waals surface area contributed by atoms with Crippen molar-refractivity contribution in [2.24, 2.45) is 0 Å². The number of aromatic nitrogens is 3. The van der Waals surface area contributed by atoms with Gasteiger partial charge in [0.05, 0.1) is 98.0 Å². The molecular weight excluding hydrogens is 814 g/mol. The second-order valence-electron chi connectivity index (χ2n) is 16.2. The lowest BCUT2D eigenvalue weighted by Crippen LogP contribution is -2.36. The molecule has 4 aromatic carbocycles. The summed E-state index contributed by atoms with van der Waals surface area (Å²) in [5, 5.41) is 19.0. The first-order valence-electron chi connectivity index (χ1n) is 20.1. The van der Waals surface area contributed by atoms with Crippen molar-refractivity contribution < 1.29 is 22.3 Å². The highest BCUT2D eigenvalue weighted by molar-refractivity contribution is 6.36. The van der Waals surface area contributed by atoms with Gasteiger partial charge in [-0.25, -0.2) is 17.6 Å². The van der Waals surface area contributed by atoms with E-state index >= 15 is 4.39 Å².